The number of rotatable bonds is 6. The first-order chi connectivity index (χ1) is 9.75. The van der Waals surface area contributed by atoms with Gasteiger partial charge in [0.2, 0.25) is 10.0 Å². The molecule has 0 atom stereocenters. The van der Waals surface area contributed by atoms with Crippen molar-refractivity contribution in [1.82, 2.24) is 9.71 Å². The Kier molecular flexibility index (Phi) is 4.66. The number of nitrogens with one attached hydrogen (secondary N) is 2. The molecule has 2 rings (SSSR count). The van der Waals surface area contributed by atoms with Gasteiger partial charge in [-0.1, -0.05) is 32.4 Å². The largest absolute Gasteiger partial charge is 0.361 e. The minimum absolute atomic E-state index is 0.156. The highest BCUT2D eigenvalue weighted by Crippen LogP contribution is 2.31. The summed E-state index contributed by atoms with van der Waals surface area (Å²) in [6.07, 6.45) is 2.54. The molecule has 0 bridgehead atoms. The van der Waals surface area contributed by atoms with Crippen molar-refractivity contribution in [3.05, 3.63) is 35.0 Å². The maximum absolute atomic E-state index is 11.8. The monoisotopic (exact) mass is 328 g/mol. The molecule has 0 fully saturated rings. The second-order valence-electron chi connectivity index (χ2n) is 5.92. The number of hydrogen-bond acceptors (Lipinski definition) is 2. The van der Waals surface area contributed by atoms with E-state index < -0.39 is 10.0 Å². The minimum Gasteiger partial charge on any atom is -0.361 e. The van der Waals surface area contributed by atoms with Gasteiger partial charge in [-0.3, -0.25) is 0 Å². The summed E-state index contributed by atoms with van der Waals surface area (Å²) in [5, 5.41) is 1.70. The lowest BCUT2D eigenvalue weighted by Crippen LogP contribution is -2.37. The van der Waals surface area contributed by atoms with Gasteiger partial charge in [0.05, 0.1) is 5.75 Å². The molecule has 0 aliphatic rings. The first-order valence-electron chi connectivity index (χ1n) is 6.99. The predicted octanol–water partition coefficient (Wildman–Crippen LogP) is 3.43. The molecule has 1 heterocycles. The third-order valence-corrected chi connectivity index (χ3v) is 5.34. The fourth-order valence-corrected chi connectivity index (χ4v) is 3.81. The number of hydrogen-bond donors (Lipinski definition) is 2. The summed E-state index contributed by atoms with van der Waals surface area (Å²) in [6.45, 7) is 6.25. The third-order valence-electron chi connectivity index (χ3n) is 3.58. The zero-order valence-corrected chi connectivity index (χ0v) is 14.1. The Hall–Kier alpha value is -1.04. The summed E-state index contributed by atoms with van der Waals surface area (Å²) in [5.41, 5.74) is 1.72. The summed E-state index contributed by atoms with van der Waals surface area (Å²) >= 11 is 6.06. The number of fused-ring (bicyclic) bond motifs is 1. The molecule has 0 radical (unpaired) electrons. The van der Waals surface area contributed by atoms with E-state index >= 15 is 0 Å². The molecule has 0 aliphatic carbocycles. The zero-order valence-electron chi connectivity index (χ0n) is 12.5. The van der Waals surface area contributed by atoms with E-state index in [1.165, 1.54) is 0 Å². The van der Waals surface area contributed by atoms with Crippen LogP contribution >= 0.6 is 11.6 Å². The van der Waals surface area contributed by atoms with Gasteiger partial charge in [-0.25, -0.2) is 13.1 Å². The maximum Gasteiger partial charge on any atom is 0.211 e. The van der Waals surface area contributed by atoms with Crippen molar-refractivity contribution in [2.45, 2.75) is 32.6 Å². The molecule has 4 nitrogen and oxygen atoms in total. The number of aromatic amines is 1. The molecular weight excluding hydrogens is 308 g/mol. The SMILES string of the molecule is CCCS(=O)(=O)NCC(C)(C)c1c[nH]c2ccc(Cl)cc12. The van der Waals surface area contributed by atoms with Crippen LogP contribution in [-0.2, 0) is 15.4 Å². The van der Waals surface area contributed by atoms with E-state index in [2.05, 4.69) is 9.71 Å². The van der Waals surface area contributed by atoms with E-state index in [0.29, 0.717) is 18.0 Å². The average Bonchev–Trinajstić information content (AvgIpc) is 2.80. The fourth-order valence-electron chi connectivity index (χ4n) is 2.38. The van der Waals surface area contributed by atoms with Gasteiger partial charge >= 0.3 is 0 Å². The Morgan fingerprint density at radius 3 is 2.71 bits per heavy atom. The standard InChI is InChI=1S/C15H21ClN2O2S/c1-4-7-21(19,20)18-10-15(2,3)13-9-17-14-6-5-11(16)8-12(13)14/h5-6,8-9,17-18H,4,7,10H2,1-3H3. The summed E-state index contributed by atoms with van der Waals surface area (Å²) in [4.78, 5) is 3.21. The molecule has 1 aromatic carbocycles. The van der Waals surface area contributed by atoms with E-state index in [-0.39, 0.29) is 11.2 Å². The average molecular weight is 329 g/mol. The molecule has 2 N–H and O–H groups in total. The second-order valence-corrected chi connectivity index (χ2v) is 8.28. The Labute approximate surface area is 130 Å². The van der Waals surface area contributed by atoms with Crippen LogP contribution in [0.15, 0.2) is 24.4 Å². The van der Waals surface area contributed by atoms with Crippen molar-refractivity contribution < 1.29 is 8.42 Å². The molecular formula is C15H21ClN2O2S. The summed E-state index contributed by atoms with van der Waals surface area (Å²) < 4.78 is 26.3. The topological polar surface area (TPSA) is 62.0 Å². The molecule has 0 spiro atoms. The van der Waals surface area contributed by atoms with Gasteiger partial charge in [-0.15, -0.1) is 0 Å². The number of sulfonamides is 1. The predicted molar refractivity (Wildman–Crippen MR) is 88.4 cm³/mol. The van der Waals surface area contributed by atoms with Crippen molar-refractivity contribution in [1.29, 1.82) is 0 Å². The van der Waals surface area contributed by atoms with Gasteiger partial charge < -0.3 is 4.98 Å². The highest BCUT2D eigenvalue weighted by atomic mass is 35.5. The van der Waals surface area contributed by atoms with Gasteiger partial charge in [0.25, 0.3) is 0 Å². The van der Waals surface area contributed by atoms with Crippen LogP contribution in [0.4, 0.5) is 0 Å². The first-order valence-corrected chi connectivity index (χ1v) is 9.02. The lowest BCUT2D eigenvalue weighted by atomic mass is 9.85. The van der Waals surface area contributed by atoms with Crippen LogP contribution in [-0.4, -0.2) is 25.7 Å². The van der Waals surface area contributed by atoms with E-state index in [9.17, 15) is 8.42 Å². The van der Waals surface area contributed by atoms with Crippen molar-refractivity contribution in [2.75, 3.05) is 12.3 Å². The molecule has 2 aromatic rings. The number of benzene rings is 1. The lowest BCUT2D eigenvalue weighted by Gasteiger charge is -2.25. The first kappa shape index (κ1) is 16.3. The molecule has 6 heteroatoms. The molecule has 21 heavy (non-hydrogen) atoms. The highest BCUT2D eigenvalue weighted by Gasteiger charge is 2.26. The number of aromatic nitrogens is 1. The number of halogens is 1. The Balaban J connectivity index is 2.27. The quantitative estimate of drug-likeness (QED) is 0.853. The second kappa shape index (κ2) is 5.99. The number of H-pyrrole nitrogens is 1. The summed E-state index contributed by atoms with van der Waals surface area (Å²) in [7, 11) is -3.20. The van der Waals surface area contributed by atoms with Crippen molar-refractivity contribution in [3.8, 4) is 0 Å². The van der Waals surface area contributed by atoms with Crippen LogP contribution in [0.3, 0.4) is 0 Å². The van der Waals surface area contributed by atoms with Gasteiger partial charge in [-0.05, 0) is 30.2 Å². The minimum atomic E-state index is -3.20. The Morgan fingerprint density at radius 2 is 2.05 bits per heavy atom. The zero-order chi connectivity index (χ0) is 15.7. The fraction of sp³-hybridized carbons (Fsp3) is 0.467. The highest BCUT2D eigenvalue weighted by molar-refractivity contribution is 7.89. The lowest BCUT2D eigenvalue weighted by molar-refractivity contribution is 0.504. The van der Waals surface area contributed by atoms with Crippen LogP contribution < -0.4 is 4.72 Å². The molecule has 0 aliphatic heterocycles. The third kappa shape index (κ3) is 3.78. The molecule has 0 saturated heterocycles. The molecule has 0 saturated carbocycles. The van der Waals surface area contributed by atoms with Gasteiger partial charge in [0, 0.05) is 34.1 Å². The Bertz CT molecular complexity index is 735. The van der Waals surface area contributed by atoms with E-state index in [4.69, 9.17) is 11.6 Å². The summed E-state index contributed by atoms with van der Waals surface area (Å²) in [6, 6.07) is 5.67. The van der Waals surface area contributed by atoms with Crippen molar-refractivity contribution >= 4 is 32.5 Å². The van der Waals surface area contributed by atoms with Crippen molar-refractivity contribution in [3.63, 3.8) is 0 Å². The molecule has 1 aromatic heterocycles. The molecule has 0 amide bonds. The van der Waals surface area contributed by atoms with Gasteiger partial charge in [0.15, 0.2) is 0 Å². The Morgan fingerprint density at radius 1 is 1.33 bits per heavy atom. The van der Waals surface area contributed by atoms with Crippen molar-refractivity contribution in [2.24, 2.45) is 0 Å². The molecule has 0 unspecified atom stereocenters. The van der Waals surface area contributed by atoms with Crippen LogP contribution in [0.5, 0.6) is 0 Å². The van der Waals surface area contributed by atoms with Crippen LogP contribution in [0.2, 0.25) is 5.02 Å². The summed E-state index contributed by atoms with van der Waals surface area (Å²) in [5.74, 6) is 0.156. The maximum atomic E-state index is 11.8. The van der Waals surface area contributed by atoms with Crippen LogP contribution in [0.1, 0.15) is 32.8 Å². The van der Waals surface area contributed by atoms with E-state index in [1.54, 1.807) is 0 Å². The smallest absolute Gasteiger partial charge is 0.211 e. The van der Waals surface area contributed by atoms with Crippen LogP contribution in [0, 0.1) is 0 Å². The van der Waals surface area contributed by atoms with E-state index in [0.717, 1.165) is 16.5 Å². The normalized spacial score (nSPS) is 13.0. The van der Waals surface area contributed by atoms with Gasteiger partial charge in [-0.2, -0.15) is 0 Å². The van der Waals surface area contributed by atoms with Crippen LogP contribution in [0.25, 0.3) is 10.9 Å². The van der Waals surface area contributed by atoms with Gasteiger partial charge in [0.1, 0.15) is 0 Å². The van der Waals surface area contributed by atoms with E-state index in [1.807, 2.05) is 45.2 Å². The molecule has 116 valence electrons.